The Morgan fingerprint density at radius 1 is 0.875 bits per heavy atom. The second-order valence-electron chi connectivity index (χ2n) is 7.78. The van der Waals surface area contributed by atoms with Crippen molar-refractivity contribution in [3.8, 4) is 0 Å². The van der Waals surface area contributed by atoms with Gasteiger partial charge in [-0.3, -0.25) is 15.0 Å². The maximum Gasteiger partial charge on any atom is 0.416 e. The van der Waals surface area contributed by atoms with Crippen molar-refractivity contribution in [1.29, 1.82) is 0 Å². The van der Waals surface area contributed by atoms with Gasteiger partial charge in [0.1, 0.15) is 0 Å². The first kappa shape index (κ1) is 23.7. The van der Waals surface area contributed by atoms with Crippen LogP contribution in [0.1, 0.15) is 23.1 Å². The van der Waals surface area contributed by atoms with E-state index in [1.165, 1.54) is 12.1 Å². The fourth-order valence-corrected chi connectivity index (χ4v) is 3.55. The molecule has 1 aliphatic rings. The molecule has 2 N–H and O–H groups in total. The van der Waals surface area contributed by atoms with Crippen LogP contribution in [0.3, 0.4) is 0 Å². The van der Waals surface area contributed by atoms with Gasteiger partial charge in [0.15, 0.2) is 0 Å². The molecule has 2 aromatic carbocycles. The molecule has 0 aliphatic carbocycles. The Morgan fingerprint density at radius 2 is 1.53 bits per heavy atom. The number of urea groups is 1. The van der Waals surface area contributed by atoms with E-state index in [4.69, 9.17) is 0 Å². The minimum Gasteiger partial charge on any atom is -0.334 e. The summed E-state index contributed by atoms with van der Waals surface area (Å²) in [5.74, 6) is -0.345. The topological polar surface area (TPSA) is 64.7 Å². The molecular weight excluding hydrogens is 421 g/mol. The van der Waals surface area contributed by atoms with Crippen molar-refractivity contribution in [2.75, 3.05) is 32.7 Å². The second kappa shape index (κ2) is 11.1. The molecule has 1 fully saturated rings. The van der Waals surface area contributed by atoms with E-state index in [-0.39, 0.29) is 12.3 Å². The molecule has 1 heterocycles. The number of hydrogen-bond donors (Lipinski definition) is 2. The molecule has 0 aromatic heterocycles. The number of nitrogens with zero attached hydrogens (tertiary/aromatic N) is 2. The number of halogens is 3. The SMILES string of the molecule is O=C(CCN1CCN(Cc2cccc(C(F)(F)F)c2)CC1)NC(=O)NCc1ccccc1. The van der Waals surface area contributed by atoms with Crippen LogP contribution in [0.2, 0.25) is 0 Å². The number of hydrogen-bond acceptors (Lipinski definition) is 4. The number of rotatable bonds is 7. The lowest BCUT2D eigenvalue weighted by Crippen LogP contribution is -2.47. The number of benzene rings is 2. The van der Waals surface area contributed by atoms with Crippen molar-refractivity contribution in [2.45, 2.75) is 25.7 Å². The second-order valence-corrected chi connectivity index (χ2v) is 7.78. The highest BCUT2D eigenvalue weighted by Gasteiger charge is 2.30. The standard InChI is InChI=1S/C23H27F3N4O2/c24-23(25,26)20-8-4-7-19(15-20)17-30-13-11-29(12-14-30)10-9-21(31)28-22(32)27-16-18-5-2-1-3-6-18/h1-8,15H,9-14,16-17H2,(H2,27,28,31,32). The molecule has 6 nitrogen and oxygen atoms in total. The van der Waals surface area contributed by atoms with E-state index in [9.17, 15) is 22.8 Å². The van der Waals surface area contributed by atoms with E-state index in [1.54, 1.807) is 6.07 Å². The molecule has 0 saturated carbocycles. The largest absolute Gasteiger partial charge is 0.416 e. The summed E-state index contributed by atoms with van der Waals surface area (Å²) in [4.78, 5) is 28.1. The molecule has 9 heteroatoms. The highest BCUT2D eigenvalue weighted by atomic mass is 19.4. The first-order valence-corrected chi connectivity index (χ1v) is 10.5. The molecule has 0 atom stereocenters. The van der Waals surface area contributed by atoms with Gasteiger partial charge in [-0.15, -0.1) is 0 Å². The van der Waals surface area contributed by atoms with Gasteiger partial charge in [-0.05, 0) is 17.2 Å². The molecule has 2 aromatic rings. The van der Waals surface area contributed by atoms with Crippen molar-refractivity contribution in [3.05, 3.63) is 71.3 Å². The zero-order valence-electron chi connectivity index (χ0n) is 17.7. The Labute approximate surface area is 185 Å². The highest BCUT2D eigenvalue weighted by molar-refractivity contribution is 5.94. The number of piperazine rings is 1. The molecule has 172 valence electrons. The highest BCUT2D eigenvalue weighted by Crippen LogP contribution is 2.29. The van der Waals surface area contributed by atoms with Crippen LogP contribution >= 0.6 is 0 Å². The van der Waals surface area contributed by atoms with E-state index in [1.807, 2.05) is 30.3 Å². The average Bonchev–Trinajstić information content (AvgIpc) is 2.77. The number of carbonyl (C=O) groups excluding carboxylic acids is 2. The van der Waals surface area contributed by atoms with Gasteiger partial charge in [0, 0.05) is 52.2 Å². The third kappa shape index (κ3) is 7.65. The van der Waals surface area contributed by atoms with E-state index < -0.39 is 17.8 Å². The molecule has 1 saturated heterocycles. The number of alkyl halides is 3. The molecule has 0 unspecified atom stereocenters. The summed E-state index contributed by atoms with van der Waals surface area (Å²) < 4.78 is 38.6. The Morgan fingerprint density at radius 3 is 2.22 bits per heavy atom. The minimum absolute atomic E-state index is 0.201. The van der Waals surface area contributed by atoms with E-state index in [0.717, 1.165) is 11.6 Å². The number of amides is 3. The van der Waals surface area contributed by atoms with E-state index >= 15 is 0 Å². The van der Waals surface area contributed by atoms with Gasteiger partial charge in [-0.2, -0.15) is 13.2 Å². The fourth-order valence-electron chi connectivity index (χ4n) is 3.55. The normalized spacial score (nSPS) is 15.3. The summed E-state index contributed by atoms with van der Waals surface area (Å²) in [6, 6.07) is 14.3. The Balaban J connectivity index is 1.33. The summed E-state index contributed by atoms with van der Waals surface area (Å²) in [7, 11) is 0. The van der Waals surface area contributed by atoms with Crippen molar-refractivity contribution < 1.29 is 22.8 Å². The van der Waals surface area contributed by atoms with Crippen molar-refractivity contribution in [3.63, 3.8) is 0 Å². The summed E-state index contributed by atoms with van der Waals surface area (Å²) in [5, 5.41) is 4.98. The average molecular weight is 448 g/mol. The van der Waals surface area contributed by atoms with Crippen molar-refractivity contribution in [2.24, 2.45) is 0 Å². The zero-order valence-corrected chi connectivity index (χ0v) is 17.7. The Hall–Kier alpha value is -2.91. The van der Waals surface area contributed by atoms with Gasteiger partial charge >= 0.3 is 12.2 Å². The molecule has 0 spiro atoms. The van der Waals surface area contributed by atoms with Crippen LogP contribution in [0.25, 0.3) is 0 Å². The Bertz CT molecular complexity index is 898. The van der Waals surface area contributed by atoms with E-state index in [0.29, 0.717) is 51.4 Å². The van der Waals surface area contributed by atoms with Crippen LogP contribution in [0.15, 0.2) is 54.6 Å². The van der Waals surface area contributed by atoms with Crippen molar-refractivity contribution in [1.82, 2.24) is 20.4 Å². The van der Waals surface area contributed by atoms with Gasteiger partial charge in [0.05, 0.1) is 5.56 Å². The summed E-state index contributed by atoms with van der Waals surface area (Å²) in [5.41, 5.74) is 0.944. The summed E-state index contributed by atoms with van der Waals surface area (Å²) in [6.07, 6.45) is -4.14. The van der Waals surface area contributed by atoms with Crippen LogP contribution in [-0.4, -0.2) is 54.5 Å². The molecule has 3 amide bonds. The van der Waals surface area contributed by atoms with Crippen LogP contribution in [0, 0.1) is 0 Å². The lowest BCUT2D eigenvalue weighted by Gasteiger charge is -2.34. The lowest BCUT2D eigenvalue weighted by molar-refractivity contribution is -0.137. The lowest BCUT2D eigenvalue weighted by atomic mass is 10.1. The zero-order chi connectivity index (χ0) is 23.0. The fraction of sp³-hybridized carbons (Fsp3) is 0.391. The number of nitrogens with one attached hydrogen (secondary N) is 2. The molecule has 0 radical (unpaired) electrons. The quantitative estimate of drug-likeness (QED) is 0.683. The van der Waals surface area contributed by atoms with Crippen LogP contribution < -0.4 is 10.6 Å². The molecule has 0 bridgehead atoms. The Kier molecular flexibility index (Phi) is 8.24. The molecule has 1 aliphatic heterocycles. The van der Waals surface area contributed by atoms with Gasteiger partial charge in [0.2, 0.25) is 5.91 Å². The predicted octanol–water partition coefficient (Wildman–Crippen LogP) is 3.24. The summed E-state index contributed by atoms with van der Waals surface area (Å²) >= 11 is 0. The van der Waals surface area contributed by atoms with E-state index in [2.05, 4.69) is 20.4 Å². The van der Waals surface area contributed by atoms with Crippen molar-refractivity contribution >= 4 is 11.9 Å². The first-order chi connectivity index (χ1) is 15.3. The van der Waals surface area contributed by atoms with Gasteiger partial charge in [-0.25, -0.2) is 4.79 Å². The third-order valence-electron chi connectivity index (χ3n) is 5.33. The summed E-state index contributed by atoms with van der Waals surface area (Å²) in [6.45, 7) is 4.16. The number of carbonyl (C=O) groups is 2. The maximum absolute atomic E-state index is 12.9. The van der Waals surface area contributed by atoms with Gasteiger partial charge in [0.25, 0.3) is 0 Å². The van der Waals surface area contributed by atoms with Crippen LogP contribution in [-0.2, 0) is 24.1 Å². The maximum atomic E-state index is 12.9. The molecular formula is C23H27F3N4O2. The smallest absolute Gasteiger partial charge is 0.334 e. The minimum atomic E-state index is -4.34. The monoisotopic (exact) mass is 448 g/mol. The first-order valence-electron chi connectivity index (χ1n) is 10.5. The third-order valence-corrected chi connectivity index (χ3v) is 5.33. The predicted molar refractivity (Wildman–Crippen MR) is 115 cm³/mol. The van der Waals surface area contributed by atoms with Gasteiger partial charge < -0.3 is 10.2 Å². The number of imide groups is 1. The van der Waals surface area contributed by atoms with Crippen LogP contribution in [0.4, 0.5) is 18.0 Å². The molecule has 3 rings (SSSR count). The van der Waals surface area contributed by atoms with Crippen LogP contribution in [0.5, 0.6) is 0 Å². The molecule has 32 heavy (non-hydrogen) atoms. The van der Waals surface area contributed by atoms with Gasteiger partial charge in [-0.1, -0.05) is 48.5 Å².